The molecule has 3 heteroatoms. The Morgan fingerprint density at radius 3 is 2.09 bits per heavy atom. The molecule has 0 aliphatic heterocycles. The van der Waals surface area contributed by atoms with Crippen LogP contribution in [0.25, 0.3) is 0 Å². The Kier molecular flexibility index (Phi) is 5.62. The van der Waals surface area contributed by atoms with E-state index in [1.54, 1.807) is 6.92 Å². The zero-order chi connectivity index (χ0) is 25.8. The van der Waals surface area contributed by atoms with Crippen molar-refractivity contribution in [2.45, 2.75) is 120 Å². The molecule has 5 aliphatic rings. The van der Waals surface area contributed by atoms with Crippen LogP contribution in [-0.2, 0) is 14.3 Å². The summed E-state index contributed by atoms with van der Waals surface area (Å²) in [6.07, 6.45) is 11.3. The van der Waals surface area contributed by atoms with Gasteiger partial charge in [0.1, 0.15) is 6.10 Å². The predicted octanol–water partition coefficient (Wildman–Crippen LogP) is 7.77. The number of esters is 1. The van der Waals surface area contributed by atoms with Crippen molar-refractivity contribution < 1.29 is 14.3 Å². The van der Waals surface area contributed by atoms with Gasteiger partial charge in [0.15, 0.2) is 5.78 Å². The number of rotatable bonds is 1. The molecule has 0 aromatic carbocycles. The minimum Gasteiger partial charge on any atom is -0.462 e. The normalized spacial score (nSPS) is 52.8. The summed E-state index contributed by atoms with van der Waals surface area (Å²) in [4.78, 5) is 25.8. The monoisotopic (exact) mass is 482 g/mol. The Hall–Kier alpha value is -1.12. The first-order valence-corrected chi connectivity index (χ1v) is 14.6. The van der Waals surface area contributed by atoms with Gasteiger partial charge in [-0.3, -0.25) is 9.59 Å². The van der Waals surface area contributed by atoms with E-state index in [-0.39, 0.29) is 39.1 Å². The molecule has 4 fully saturated rings. The van der Waals surface area contributed by atoms with Crippen LogP contribution in [0.15, 0.2) is 11.6 Å². The Balaban J connectivity index is 1.56. The number of hydrogen-bond acceptors (Lipinski definition) is 3. The molecule has 3 nitrogen and oxygen atoms in total. The summed E-state index contributed by atoms with van der Waals surface area (Å²) < 4.78 is 5.87. The Bertz CT molecular complexity index is 962. The maximum absolute atomic E-state index is 13.9. The van der Waals surface area contributed by atoms with E-state index >= 15 is 0 Å². The standard InChI is InChI=1S/C32H50O3/c1-19-10-14-32(9)25(34)18-24-30(7)15-11-22-28(4,5)26(35-21(3)33)13-17-29(22,6)23(30)12-16-31(24,8)27(32)20(19)2/h18-20,22-23,26-27H,10-17H2,1-9H3/t19-,20+,22+,23-,26+,27+,29+,30-,31+,32-/m1/s1. The molecule has 0 unspecified atom stereocenters. The lowest BCUT2D eigenvalue weighted by molar-refractivity contribution is -0.199. The molecule has 35 heavy (non-hydrogen) atoms. The molecule has 5 aliphatic carbocycles. The van der Waals surface area contributed by atoms with Gasteiger partial charge in [-0.15, -0.1) is 0 Å². The molecule has 0 N–H and O–H groups in total. The highest BCUT2D eigenvalue weighted by Gasteiger charge is 2.68. The summed E-state index contributed by atoms with van der Waals surface area (Å²) in [5.74, 6) is 3.11. The number of carbonyl (C=O) groups is 2. The summed E-state index contributed by atoms with van der Waals surface area (Å²) in [6, 6.07) is 0. The van der Waals surface area contributed by atoms with Gasteiger partial charge in [-0.1, -0.05) is 61.0 Å². The average Bonchev–Trinajstić information content (AvgIpc) is 2.74. The zero-order valence-corrected chi connectivity index (χ0v) is 23.9. The average molecular weight is 483 g/mol. The van der Waals surface area contributed by atoms with Gasteiger partial charge in [0, 0.05) is 17.8 Å². The molecule has 0 spiro atoms. The van der Waals surface area contributed by atoms with Crippen molar-refractivity contribution >= 4 is 11.8 Å². The lowest BCUT2D eigenvalue weighted by Crippen LogP contribution is -2.64. The Morgan fingerprint density at radius 1 is 0.829 bits per heavy atom. The first-order valence-electron chi connectivity index (χ1n) is 14.6. The topological polar surface area (TPSA) is 43.4 Å². The SMILES string of the molecule is CC(=O)O[C@H]1CC[C@]2(C)[C@H]3CC[C@@]4(C)C(=CC(=O)[C@@]5(C)CC[C@@H](C)[C@H](C)[C@@H]45)[C@]3(C)CC[C@H]2C1(C)C. The van der Waals surface area contributed by atoms with Crippen molar-refractivity contribution in [1.29, 1.82) is 0 Å². The number of ether oxygens (including phenoxy) is 1. The molecule has 0 aromatic heterocycles. The molecule has 0 saturated heterocycles. The van der Waals surface area contributed by atoms with Gasteiger partial charge >= 0.3 is 5.97 Å². The molecule has 0 bridgehead atoms. The van der Waals surface area contributed by atoms with Crippen molar-refractivity contribution in [2.75, 3.05) is 0 Å². The lowest BCUT2D eigenvalue weighted by Gasteiger charge is -2.70. The van der Waals surface area contributed by atoms with E-state index in [9.17, 15) is 9.59 Å². The van der Waals surface area contributed by atoms with Crippen LogP contribution >= 0.6 is 0 Å². The second-order valence-corrected chi connectivity index (χ2v) is 15.2. The third kappa shape index (κ3) is 3.21. The first-order chi connectivity index (χ1) is 16.1. The molecular weight excluding hydrogens is 432 g/mol. The summed E-state index contributed by atoms with van der Waals surface area (Å²) in [5.41, 5.74) is 1.71. The van der Waals surface area contributed by atoms with Gasteiger partial charge in [0.2, 0.25) is 0 Å². The molecule has 0 heterocycles. The molecular formula is C32H50O3. The van der Waals surface area contributed by atoms with E-state index in [2.05, 4.69) is 61.5 Å². The smallest absolute Gasteiger partial charge is 0.302 e. The van der Waals surface area contributed by atoms with Crippen LogP contribution in [0.3, 0.4) is 0 Å². The van der Waals surface area contributed by atoms with Crippen molar-refractivity contribution in [1.82, 2.24) is 0 Å². The number of fused-ring (bicyclic) bond motifs is 7. The Morgan fingerprint density at radius 2 is 1.43 bits per heavy atom. The fourth-order valence-electron chi connectivity index (χ4n) is 11.5. The quantitative estimate of drug-likeness (QED) is 0.358. The summed E-state index contributed by atoms with van der Waals surface area (Å²) in [6.45, 7) is 21.0. The van der Waals surface area contributed by atoms with Crippen LogP contribution in [0.4, 0.5) is 0 Å². The van der Waals surface area contributed by atoms with E-state index in [1.807, 2.05) is 0 Å². The minimum atomic E-state index is -0.196. The molecule has 196 valence electrons. The van der Waals surface area contributed by atoms with E-state index in [0.717, 1.165) is 32.1 Å². The van der Waals surface area contributed by atoms with Crippen LogP contribution in [-0.4, -0.2) is 17.9 Å². The van der Waals surface area contributed by atoms with Crippen LogP contribution in [0.2, 0.25) is 0 Å². The molecule has 0 aromatic rings. The predicted molar refractivity (Wildman–Crippen MR) is 141 cm³/mol. The third-order valence-corrected chi connectivity index (χ3v) is 13.2. The summed E-state index contributed by atoms with van der Waals surface area (Å²) in [5, 5.41) is 0. The lowest BCUT2D eigenvalue weighted by atomic mass is 9.34. The molecule has 5 rings (SSSR count). The van der Waals surface area contributed by atoms with Gasteiger partial charge < -0.3 is 4.74 Å². The highest BCUT2D eigenvalue weighted by Crippen LogP contribution is 2.74. The molecule has 0 radical (unpaired) electrons. The highest BCUT2D eigenvalue weighted by atomic mass is 16.5. The fraction of sp³-hybridized carbons (Fsp3) is 0.875. The van der Waals surface area contributed by atoms with E-state index in [1.165, 1.54) is 24.8 Å². The van der Waals surface area contributed by atoms with Crippen molar-refractivity contribution in [3.05, 3.63) is 11.6 Å². The van der Waals surface area contributed by atoms with E-state index in [0.29, 0.717) is 35.4 Å². The molecule has 0 amide bonds. The summed E-state index contributed by atoms with van der Waals surface area (Å²) >= 11 is 0. The number of allylic oxidation sites excluding steroid dienone is 2. The highest BCUT2D eigenvalue weighted by molar-refractivity contribution is 5.97. The van der Waals surface area contributed by atoms with Gasteiger partial charge in [-0.05, 0) is 103 Å². The van der Waals surface area contributed by atoms with Crippen LogP contribution in [0.5, 0.6) is 0 Å². The van der Waals surface area contributed by atoms with Crippen molar-refractivity contribution in [3.63, 3.8) is 0 Å². The van der Waals surface area contributed by atoms with Gasteiger partial charge in [-0.2, -0.15) is 0 Å². The second kappa shape index (κ2) is 7.70. The van der Waals surface area contributed by atoms with Gasteiger partial charge in [0.25, 0.3) is 0 Å². The van der Waals surface area contributed by atoms with Gasteiger partial charge in [-0.25, -0.2) is 0 Å². The van der Waals surface area contributed by atoms with Crippen molar-refractivity contribution in [2.24, 2.45) is 56.7 Å². The van der Waals surface area contributed by atoms with Crippen LogP contribution < -0.4 is 0 Å². The summed E-state index contributed by atoms with van der Waals surface area (Å²) in [7, 11) is 0. The van der Waals surface area contributed by atoms with Crippen LogP contribution in [0.1, 0.15) is 114 Å². The number of hydrogen-bond donors (Lipinski definition) is 0. The minimum absolute atomic E-state index is 0.0112. The Labute approximate surface area is 214 Å². The zero-order valence-electron chi connectivity index (χ0n) is 23.9. The second-order valence-electron chi connectivity index (χ2n) is 15.2. The van der Waals surface area contributed by atoms with E-state index < -0.39 is 0 Å². The molecule has 10 atom stereocenters. The van der Waals surface area contributed by atoms with Crippen molar-refractivity contribution in [3.8, 4) is 0 Å². The van der Waals surface area contributed by atoms with Crippen LogP contribution in [0, 0.1) is 56.7 Å². The first kappa shape index (κ1) is 25.5. The number of carbonyl (C=O) groups excluding carboxylic acids is 2. The maximum atomic E-state index is 13.9. The largest absolute Gasteiger partial charge is 0.462 e. The molecule has 4 saturated carbocycles. The maximum Gasteiger partial charge on any atom is 0.302 e. The number of ketones is 1. The fourth-order valence-corrected chi connectivity index (χ4v) is 11.5. The third-order valence-electron chi connectivity index (χ3n) is 13.2. The van der Waals surface area contributed by atoms with E-state index in [4.69, 9.17) is 4.74 Å². The van der Waals surface area contributed by atoms with Gasteiger partial charge in [0.05, 0.1) is 0 Å².